The second-order valence-electron chi connectivity index (χ2n) is 8.96. The van der Waals surface area contributed by atoms with E-state index in [1.807, 2.05) is 32.0 Å². The fourth-order valence-electron chi connectivity index (χ4n) is 4.40. The Kier molecular flexibility index (Phi) is 7.76. The molecule has 1 aliphatic heterocycles. The van der Waals surface area contributed by atoms with Gasteiger partial charge in [0.05, 0.1) is 36.8 Å². The lowest BCUT2D eigenvalue weighted by molar-refractivity contribution is 0.0593. The van der Waals surface area contributed by atoms with E-state index in [2.05, 4.69) is 6.92 Å². The van der Waals surface area contributed by atoms with Gasteiger partial charge < -0.3 is 23.5 Å². The van der Waals surface area contributed by atoms with Gasteiger partial charge in [-0.3, -0.25) is 9.59 Å². The number of nitrogens with zero attached hydrogens (tertiary/aromatic N) is 1. The predicted octanol–water partition coefficient (Wildman–Crippen LogP) is 5.34. The maximum absolute atomic E-state index is 13.6. The van der Waals surface area contributed by atoms with Crippen LogP contribution in [0.3, 0.4) is 0 Å². The van der Waals surface area contributed by atoms with E-state index < -0.39 is 6.04 Å². The lowest BCUT2D eigenvalue weighted by Crippen LogP contribution is -2.31. The van der Waals surface area contributed by atoms with Gasteiger partial charge in [-0.25, -0.2) is 0 Å². The predicted molar refractivity (Wildman–Crippen MR) is 134 cm³/mol. The van der Waals surface area contributed by atoms with Crippen molar-refractivity contribution in [1.29, 1.82) is 0 Å². The number of amides is 1. The summed E-state index contributed by atoms with van der Waals surface area (Å²) in [6.07, 6.45) is 2.71. The molecule has 0 N–H and O–H groups in total. The molecule has 0 spiro atoms. The van der Waals surface area contributed by atoms with Crippen LogP contribution in [-0.2, 0) is 4.74 Å². The topological polar surface area (TPSA) is 78.2 Å². The first-order chi connectivity index (χ1) is 17.0. The minimum absolute atomic E-state index is 0.103. The van der Waals surface area contributed by atoms with Crippen LogP contribution in [0.1, 0.15) is 67.8 Å². The Morgan fingerprint density at radius 2 is 1.83 bits per heavy atom. The van der Waals surface area contributed by atoms with E-state index in [0.717, 1.165) is 18.4 Å². The molecule has 35 heavy (non-hydrogen) atoms. The zero-order valence-electron chi connectivity index (χ0n) is 20.8. The number of methoxy groups -OCH3 is 1. The second kappa shape index (κ2) is 11.0. The van der Waals surface area contributed by atoms with Crippen molar-refractivity contribution < 1.29 is 23.4 Å². The van der Waals surface area contributed by atoms with Gasteiger partial charge in [0.1, 0.15) is 5.58 Å². The van der Waals surface area contributed by atoms with Crippen molar-refractivity contribution in [3.63, 3.8) is 0 Å². The first-order valence-corrected chi connectivity index (χ1v) is 12.2. The lowest BCUT2D eigenvalue weighted by atomic mass is 9.98. The number of carbonyl (C=O) groups is 1. The Bertz CT molecular complexity index is 1250. The molecule has 2 aromatic carbocycles. The average molecular weight is 480 g/mol. The number of para-hydroxylation sites is 1. The molecule has 0 unspecified atom stereocenters. The highest BCUT2D eigenvalue weighted by molar-refractivity contribution is 5.99. The zero-order valence-corrected chi connectivity index (χ0v) is 20.8. The molecule has 1 aliphatic rings. The van der Waals surface area contributed by atoms with Gasteiger partial charge in [0.15, 0.2) is 16.9 Å². The Morgan fingerprint density at radius 3 is 2.57 bits per heavy atom. The maximum Gasteiger partial charge on any atom is 0.290 e. The number of fused-ring (bicyclic) bond motifs is 2. The summed E-state index contributed by atoms with van der Waals surface area (Å²) in [5.74, 6) is 1.01. The molecule has 3 aromatic rings. The molecule has 0 bridgehead atoms. The molecule has 0 fully saturated rings. The minimum Gasteiger partial charge on any atom is -0.493 e. The lowest BCUT2D eigenvalue weighted by Gasteiger charge is -2.26. The molecule has 7 heteroatoms. The molecule has 1 aromatic heterocycles. The first kappa shape index (κ1) is 24.8. The summed E-state index contributed by atoms with van der Waals surface area (Å²) in [5, 5.41) is 0.459. The normalized spacial score (nSPS) is 15.2. The van der Waals surface area contributed by atoms with Gasteiger partial charge in [-0.15, -0.1) is 0 Å². The molecule has 0 saturated heterocycles. The van der Waals surface area contributed by atoms with Crippen LogP contribution < -0.4 is 14.9 Å². The summed E-state index contributed by atoms with van der Waals surface area (Å²) < 4.78 is 23.2. The number of rotatable bonds is 11. The average Bonchev–Trinajstić information content (AvgIpc) is 3.14. The van der Waals surface area contributed by atoms with Gasteiger partial charge in [-0.2, -0.15) is 0 Å². The van der Waals surface area contributed by atoms with Crippen molar-refractivity contribution in [1.82, 2.24) is 4.90 Å². The van der Waals surface area contributed by atoms with Crippen LogP contribution in [0.5, 0.6) is 11.5 Å². The molecular weight excluding hydrogens is 446 g/mol. The van der Waals surface area contributed by atoms with Gasteiger partial charge in [-0.1, -0.05) is 31.5 Å². The number of hydrogen-bond donors (Lipinski definition) is 0. The highest BCUT2D eigenvalue weighted by atomic mass is 16.5. The number of benzene rings is 2. The summed E-state index contributed by atoms with van der Waals surface area (Å²) in [7, 11) is 1.59. The van der Waals surface area contributed by atoms with E-state index in [0.29, 0.717) is 54.2 Å². The molecule has 2 heterocycles. The van der Waals surface area contributed by atoms with E-state index in [-0.39, 0.29) is 23.2 Å². The van der Waals surface area contributed by atoms with E-state index in [9.17, 15) is 9.59 Å². The third-order valence-electron chi connectivity index (χ3n) is 6.13. The molecular formula is C28H33NO6. The molecule has 0 aliphatic carbocycles. The number of hydrogen-bond acceptors (Lipinski definition) is 6. The van der Waals surface area contributed by atoms with Crippen LogP contribution in [0.4, 0.5) is 0 Å². The summed E-state index contributed by atoms with van der Waals surface area (Å²) in [6, 6.07) is 12.0. The van der Waals surface area contributed by atoms with Gasteiger partial charge in [0.2, 0.25) is 5.76 Å². The van der Waals surface area contributed by atoms with Crippen molar-refractivity contribution in [3.8, 4) is 11.5 Å². The van der Waals surface area contributed by atoms with E-state index >= 15 is 0 Å². The van der Waals surface area contributed by atoms with Crippen LogP contribution in [0.25, 0.3) is 11.0 Å². The molecule has 0 saturated carbocycles. The van der Waals surface area contributed by atoms with Crippen LogP contribution in [0.2, 0.25) is 0 Å². The Labute approximate surface area is 205 Å². The third kappa shape index (κ3) is 5.05. The van der Waals surface area contributed by atoms with Crippen molar-refractivity contribution in [3.05, 3.63) is 69.6 Å². The van der Waals surface area contributed by atoms with E-state index in [1.54, 1.807) is 36.3 Å². The summed E-state index contributed by atoms with van der Waals surface area (Å²) >= 11 is 0. The second-order valence-corrected chi connectivity index (χ2v) is 8.96. The Hall–Kier alpha value is -3.32. The van der Waals surface area contributed by atoms with Crippen molar-refractivity contribution in [2.45, 2.75) is 52.2 Å². The van der Waals surface area contributed by atoms with Crippen LogP contribution in [0.15, 0.2) is 51.7 Å². The molecule has 186 valence electrons. The Balaban J connectivity index is 1.76. The van der Waals surface area contributed by atoms with Gasteiger partial charge in [0, 0.05) is 13.2 Å². The van der Waals surface area contributed by atoms with E-state index in [1.165, 1.54) is 0 Å². The highest BCUT2D eigenvalue weighted by Gasteiger charge is 2.42. The monoisotopic (exact) mass is 479 g/mol. The summed E-state index contributed by atoms with van der Waals surface area (Å²) in [4.78, 5) is 28.8. The van der Waals surface area contributed by atoms with Crippen LogP contribution in [-0.4, -0.2) is 43.8 Å². The maximum atomic E-state index is 13.6. The molecule has 1 atom stereocenters. The van der Waals surface area contributed by atoms with Gasteiger partial charge in [0.25, 0.3) is 5.91 Å². The van der Waals surface area contributed by atoms with Crippen LogP contribution in [0, 0.1) is 0 Å². The largest absolute Gasteiger partial charge is 0.493 e. The Morgan fingerprint density at radius 1 is 1.03 bits per heavy atom. The zero-order chi connectivity index (χ0) is 24.9. The fraction of sp³-hybridized carbons (Fsp3) is 0.429. The SMILES string of the molecule is CCCCOc1ccc([C@H]2c3c(oc4ccccc4c3=O)C(=O)N2CCCOC(C)C)cc1OC. The van der Waals surface area contributed by atoms with Crippen molar-refractivity contribution in [2.75, 3.05) is 26.9 Å². The first-order valence-electron chi connectivity index (χ1n) is 12.2. The van der Waals surface area contributed by atoms with E-state index in [4.69, 9.17) is 18.6 Å². The minimum atomic E-state index is -0.587. The number of carbonyl (C=O) groups excluding carboxylic acids is 1. The van der Waals surface area contributed by atoms with Crippen molar-refractivity contribution >= 4 is 16.9 Å². The standard InChI is InChI=1S/C28H33NO6/c1-5-6-15-34-22-13-12-19(17-23(22)32-4)25-24-26(30)20-10-7-8-11-21(20)35-27(24)28(31)29(25)14-9-16-33-18(2)3/h7-8,10-13,17-18,25H,5-6,9,14-16H2,1-4H3/t25-/m0/s1. The fourth-order valence-corrected chi connectivity index (χ4v) is 4.40. The molecule has 7 nitrogen and oxygen atoms in total. The number of ether oxygens (including phenoxy) is 3. The quantitative estimate of drug-likeness (QED) is 0.346. The van der Waals surface area contributed by atoms with Gasteiger partial charge in [-0.05, 0) is 56.5 Å². The molecule has 4 rings (SSSR count). The van der Waals surface area contributed by atoms with Crippen LogP contribution >= 0.6 is 0 Å². The summed E-state index contributed by atoms with van der Waals surface area (Å²) in [5.41, 5.74) is 1.35. The molecule has 1 amide bonds. The highest BCUT2D eigenvalue weighted by Crippen LogP contribution is 2.41. The van der Waals surface area contributed by atoms with Crippen molar-refractivity contribution in [2.24, 2.45) is 0 Å². The third-order valence-corrected chi connectivity index (χ3v) is 6.13. The smallest absolute Gasteiger partial charge is 0.290 e. The number of unbranched alkanes of at least 4 members (excludes halogenated alkanes) is 1. The van der Waals surface area contributed by atoms with Gasteiger partial charge >= 0.3 is 0 Å². The molecule has 0 radical (unpaired) electrons. The summed E-state index contributed by atoms with van der Waals surface area (Å²) in [6.45, 7) is 7.59.